The van der Waals surface area contributed by atoms with Crippen LogP contribution >= 0.6 is 11.3 Å². The highest BCUT2D eigenvalue weighted by molar-refractivity contribution is 7.16. The van der Waals surface area contributed by atoms with Gasteiger partial charge in [0.05, 0.1) is 11.6 Å². The molecule has 29 heavy (non-hydrogen) atoms. The molecule has 4 rings (SSSR count). The molecule has 1 aromatic carbocycles. The van der Waals surface area contributed by atoms with Crippen LogP contribution in [0.3, 0.4) is 0 Å². The Labute approximate surface area is 174 Å². The smallest absolute Gasteiger partial charge is 0.231 e. The molecule has 1 fully saturated rings. The largest absolute Gasteiger partial charge is 0.486 e. The number of ether oxygens (including phenoxy) is 2. The molecule has 0 spiro atoms. The molecule has 1 atom stereocenters. The van der Waals surface area contributed by atoms with E-state index in [1.807, 2.05) is 45.9 Å². The number of likely N-dealkylation sites (tertiary alicyclic amines) is 1. The molecule has 1 saturated heterocycles. The number of amides is 2. The molecule has 1 aromatic heterocycles. The summed E-state index contributed by atoms with van der Waals surface area (Å²) >= 11 is 1.43. The standard InChI is InChI=1S/C21H25N3O4S/c1-12-18(13-5-6-15-16(9-13)28-8-7-27-15)22-20(29-12)23-19(26)14-10-17(25)24(11-14)21(2,3)4/h5-6,9,14H,7-8,10-11H2,1-4H3,(H,22,23,26)/t14-/m0/s1. The van der Waals surface area contributed by atoms with Gasteiger partial charge in [-0.05, 0) is 45.9 Å². The quantitative estimate of drug-likeness (QED) is 0.830. The summed E-state index contributed by atoms with van der Waals surface area (Å²) in [6, 6.07) is 5.74. The van der Waals surface area contributed by atoms with Crippen LogP contribution in [0.15, 0.2) is 18.2 Å². The Bertz CT molecular complexity index is 963. The zero-order valence-electron chi connectivity index (χ0n) is 17.1. The molecule has 7 nitrogen and oxygen atoms in total. The van der Waals surface area contributed by atoms with Crippen LogP contribution in [-0.4, -0.2) is 47.0 Å². The zero-order chi connectivity index (χ0) is 20.8. The van der Waals surface area contributed by atoms with E-state index in [-0.39, 0.29) is 29.7 Å². The van der Waals surface area contributed by atoms with E-state index < -0.39 is 0 Å². The van der Waals surface area contributed by atoms with E-state index in [2.05, 4.69) is 10.3 Å². The molecule has 0 unspecified atom stereocenters. The number of benzene rings is 1. The van der Waals surface area contributed by atoms with Crippen molar-refractivity contribution in [3.63, 3.8) is 0 Å². The number of anilines is 1. The van der Waals surface area contributed by atoms with E-state index in [0.717, 1.165) is 21.9 Å². The second-order valence-electron chi connectivity index (χ2n) is 8.35. The summed E-state index contributed by atoms with van der Waals surface area (Å²) < 4.78 is 11.2. The predicted molar refractivity (Wildman–Crippen MR) is 111 cm³/mol. The highest BCUT2D eigenvalue weighted by atomic mass is 32.1. The van der Waals surface area contributed by atoms with Crippen LogP contribution in [0, 0.1) is 12.8 Å². The maximum Gasteiger partial charge on any atom is 0.231 e. The highest BCUT2D eigenvalue weighted by Gasteiger charge is 2.39. The lowest BCUT2D eigenvalue weighted by molar-refractivity contribution is -0.131. The van der Waals surface area contributed by atoms with Gasteiger partial charge in [0, 0.05) is 28.9 Å². The van der Waals surface area contributed by atoms with Gasteiger partial charge in [-0.25, -0.2) is 4.98 Å². The average Bonchev–Trinajstić information content (AvgIpc) is 3.24. The van der Waals surface area contributed by atoms with Crippen molar-refractivity contribution in [2.75, 3.05) is 25.1 Å². The van der Waals surface area contributed by atoms with Crippen LogP contribution in [0.4, 0.5) is 5.13 Å². The lowest BCUT2D eigenvalue weighted by atomic mass is 10.1. The van der Waals surface area contributed by atoms with Crippen LogP contribution in [0.5, 0.6) is 11.5 Å². The maximum atomic E-state index is 12.7. The molecule has 0 radical (unpaired) electrons. The number of rotatable bonds is 3. The van der Waals surface area contributed by atoms with E-state index in [1.54, 1.807) is 4.90 Å². The molecule has 0 aliphatic carbocycles. The van der Waals surface area contributed by atoms with Crippen molar-refractivity contribution >= 4 is 28.3 Å². The third kappa shape index (κ3) is 3.94. The Kier molecular flexibility index (Phi) is 4.98. The summed E-state index contributed by atoms with van der Waals surface area (Å²) in [6.45, 7) is 9.43. The summed E-state index contributed by atoms with van der Waals surface area (Å²) in [5.74, 6) is 0.940. The minimum Gasteiger partial charge on any atom is -0.486 e. The molecule has 8 heteroatoms. The second kappa shape index (κ2) is 7.33. The predicted octanol–water partition coefficient (Wildman–Crippen LogP) is 3.48. The molecular formula is C21H25N3O4S. The SMILES string of the molecule is Cc1sc(NC(=O)[C@H]2CC(=O)N(C(C)(C)C)C2)nc1-c1ccc2c(c1)OCCO2. The minimum atomic E-state index is -0.358. The molecule has 1 N–H and O–H groups in total. The van der Waals surface area contributed by atoms with Crippen LogP contribution in [-0.2, 0) is 9.59 Å². The molecule has 2 aromatic rings. The zero-order valence-corrected chi connectivity index (χ0v) is 17.9. The molecule has 154 valence electrons. The topological polar surface area (TPSA) is 80.8 Å². The first-order valence-corrected chi connectivity index (χ1v) is 10.5. The van der Waals surface area contributed by atoms with Crippen LogP contribution < -0.4 is 14.8 Å². The fourth-order valence-electron chi connectivity index (χ4n) is 3.65. The molecule has 2 amide bonds. The van der Waals surface area contributed by atoms with Crippen molar-refractivity contribution in [3.05, 3.63) is 23.1 Å². The first-order valence-electron chi connectivity index (χ1n) is 9.71. The minimum absolute atomic E-state index is 0.0185. The van der Waals surface area contributed by atoms with E-state index in [0.29, 0.717) is 30.6 Å². The van der Waals surface area contributed by atoms with Gasteiger partial charge in [0.1, 0.15) is 13.2 Å². The molecule has 0 bridgehead atoms. The van der Waals surface area contributed by atoms with E-state index in [4.69, 9.17) is 9.47 Å². The number of aryl methyl sites for hydroxylation is 1. The van der Waals surface area contributed by atoms with Gasteiger partial charge in [0.15, 0.2) is 16.6 Å². The number of nitrogens with one attached hydrogen (secondary N) is 1. The van der Waals surface area contributed by atoms with E-state index >= 15 is 0 Å². The molecule has 3 heterocycles. The molecule has 0 saturated carbocycles. The molecular weight excluding hydrogens is 390 g/mol. The van der Waals surface area contributed by atoms with Gasteiger partial charge < -0.3 is 19.7 Å². The van der Waals surface area contributed by atoms with Crippen molar-refractivity contribution in [1.29, 1.82) is 0 Å². The Morgan fingerprint density at radius 2 is 1.97 bits per heavy atom. The van der Waals surface area contributed by atoms with Gasteiger partial charge in [0.25, 0.3) is 0 Å². The van der Waals surface area contributed by atoms with Crippen LogP contribution in [0.2, 0.25) is 0 Å². The van der Waals surface area contributed by atoms with Gasteiger partial charge in [-0.2, -0.15) is 0 Å². The number of aromatic nitrogens is 1. The summed E-state index contributed by atoms with van der Waals surface area (Å²) in [4.78, 5) is 32.4. The summed E-state index contributed by atoms with van der Waals surface area (Å²) in [7, 11) is 0. The van der Waals surface area contributed by atoms with Crippen molar-refractivity contribution in [1.82, 2.24) is 9.88 Å². The number of thiazole rings is 1. The average molecular weight is 416 g/mol. The first kappa shape index (κ1) is 19.7. The fraction of sp³-hybridized carbons (Fsp3) is 0.476. The summed E-state index contributed by atoms with van der Waals surface area (Å²) in [5, 5.41) is 3.44. The number of hydrogen-bond acceptors (Lipinski definition) is 6. The van der Waals surface area contributed by atoms with Crippen LogP contribution in [0.1, 0.15) is 32.1 Å². The van der Waals surface area contributed by atoms with Gasteiger partial charge >= 0.3 is 0 Å². The molecule has 2 aliphatic rings. The van der Waals surface area contributed by atoms with Gasteiger partial charge in [-0.3, -0.25) is 9.59 Å². The lowest BCUT2D eigenvalue weighted by Gasteiger charge is -2.31. The normalized spacial score (nSPS) is 18.8. The summed E-state index contributed by atoms with van der Waals surface area (Å²) in [5.41, 5.74) is 1.44. The Balaban J connectivity index is 1.49. The summed E-state index contributed by atoms with van der Waals surface area (Å²) in [6.07, 6.45) is 0.239. The van der Waals surface area contributed by atoms with Crippen LogP contribution in [0.25, 0.3) is 11.3 Å². The third-order valence-electron chi connectivity index (χ3n) is 5.15. The van der Waals surface area contributed by atoms with Crippen molar-refractivity contribution in [2.24, 2.45) is 5.92 Å². The van der Waals surface area contributed by atoms with E-state index in [1.165, 1.54) is 11.3 Å². The van der Waals surface area contributed by atoms with Gasteiger partial charge in [-0.15, -0.1) is 11.3 Å². The number of nitrogens with zero attached hydrogens (tertiary/aromatic N) is 2. The fourth-order valence-corrected chi connectivity index (χ4v) is 4.49. The maximum absolute atomic E-state index is 12.7. The highest BCUT2D eigenvalue weighted by Crippen LogP contribution is 2.37. The Morgan fingerprint density at radius 1 is 1.24 bits per heavy atom. The lowest BCUT2D eigenvalue weighted by Crippen LogP contribution is -2.42. The number of carbonyl (C=O) groups excluding carboxylic acids is 2. The third-order valence-corrected chi connectivity index (χ3v) is 6.03. The van der Waals surface area contributed by atoms with Crippen molar-refractivity contribution in [3.8, 4) is 22.8 Å². The second-order valence-corrected chi connectivity index (χ2v) is 9.55. The Morgan fingerprint density at radius 3 is 2.66 bits per heavy atom. The van der Waals surface area contributed by atoms with Gasteiger partial charge in [0.2, 0.25) is 11.8 Å². The monoisotopic (exact) mass is 415 g/mol. The van der Waals surface area contributed by atoms with Crippen molar-refractivity contribution < 1.29 is 19.1 Å². The van der Waals surface area contributed by atoms with E-state index in [9.17, 15) is 9.59 Å². The number of hydrogen-bond donors (Lipinski definition) is 1. The number of carbonyl (C=O) groups is 2. The molecule has 2 aliphatic heterocycles. The number of fused-ring (bicyclic) bond motifs is 1. The first-order chi connectivity index (χ1) is 13.7. The Hall–Kier alpha value is -2.61. The van der Waals surface area contributed by atoms with Crippen molar-refractivity contribution in [2.45, 2.75) is 39.7 Å². The van der Waals surface area contributed by atoms with Gasteiger partial charge in [-0.1, -0.05) is 0 Å².